The third-order valence-corrected chi connectivity index (χ3v) is 4.19. The molecule has 0 saturated carbocycles. The average molecular weight is 379 g/mol. The third-order valence-electron chi connectivity index (χ3n) is 4.19. The summed E-state index contributed by atoms with van der Waals surface area (Å²) in [6.07, 6.45) is 3.38. The van der Waals surface area contributed by atoms with Crippen molar-refractivity contribution in [1.29, 1.82) is 0 Å². The Labute approximate surface area is 160 Å². The number of hydrogen-bond donors (Lipinski definition) is 0. The number of fused-ring (bicyclic) bond motifs is 1. The molecule has 0 spiro atoms. The molecule has 7 nitrogen and oxygen atoms in total. The van der Waals surface area contributed by atoms with Gasteiger partial charge in [-0.1, -0.05) is 0 Å². The van der Waals surface area contributed by atoms with Gasteiger partial charge < -0.3 is 14.2 Å². The zero-order chi connectivity index (χ0) is 20.6. The number of hydrogen-bond acceptors (Lipinski definition) is 6. The normalized spacial score (nSPS) is 15.8. The number of ether oxygens (including phenoxy) is 3. The van der Waals surface area contributed by atoms with Crippen molar-refractivity contribution < 1.29 is 28.6 Å². The first-order chi connectivity index (χ1) is 12.2. The van der Waals surface area contributed by atoms with Gasteiger partial charge in [-0.3, -0.25) is 14.2 Å². The van der Waals surface area contributed by atoms with Gasteiger partial charge >= 0.3 is 18.0 Å². The van der Waals surface area contributed by atoms with Crippen molar-refractivity contribution in [3.8, 4) is 0 Å². The Hall–Kier alpha value is -2.31. The summed E-state index contributed by atoms with van der Waals surface area (Å²) in [4.78, 5) is 37.0. The van der Waals surface area contributed by atoms with E-state index in [1.807, 2.05) is 0 Å². The predicted octanol–water partition coefficient (Wildman–Crippen LogP) is 3.26. The third kappa shape index (κ3) is 5.11. The van der Waals surface area contributed by atoms with E-state index in [0.29, 0.717) is 12.8 Å². The minimum absolute atomic E-state index is 0.0714. The largest absolute Gasteiger partial charge is 0.469 e. The molecule has 0 amide bonds. The van der Waals surface area contributed by atoms with Crippen LogP contribution < -0.4 is 0 Å². The van der Waals surface area contributed by atoms with Gasteiger partial charge in [-0.2, -0.15) is 0 Å². The van der Waals surface area contributed by atoms with Crippen LogP contribution in [0.5, 0.6) is 0 Å². The molecule has 1 aliphatic rings. The van der Waals surface area contributed by atoms with Gasteiger partial charge in [-0.05, 0) is 65.5 Å². The molecular weight excluding hydrogens is 350 g/mol. The summed E-state index contributed by atoms with van der Waals surface area (Å²) >= 11 is 0. The molecule has 1 aromatic heterocycles. The average Bonchev–Trinajstić information content (AvgIpc) is 2.98. The molecule has 0 unspecified atom stereocenters. The molecule has 0 radical (unpaired) electrons. The van der Waals surface area contributed by atoms with Crippen LogP contribution in [-0.4, -0.2) is 40.9 Å². The summed E-state index contributed by atoms with van der Waals surface area (Å²) in [6.45, 7) is 10.7. The molecule has 2 rings (SSSR count). The quantitative estimate of drug-likeness (QED) is 0.592. The number of carbonyl (C=O) groups is 3. The second-order valence-electron chi connectivity index (χ2n) is 9.08. The molecule has 0 bridgehead atoms. The fraction of sp³-hybridized carbons (Fsp3) is 0.650. The van der Waals surface area contributed by atoms with Gasteiger partial charge in [0.15, 0.2) is 0 Å². The molecule has 0 aromatic carbocycles. The van der Waals surface area contributed by atoms with Crippen molar-refractivity contribution in [2.45, 2.75) is 72.0 Å². The van der Waals surface area contributed by atoms with Gasteiger partial charge in [0.05, 0.1) is 18.9 Å². The van der Waals surface area contributed by atoms with Gasteiger partial charge in [0.25, 0.3) is 0 Å². The maximum absolute atomic E-state index is 12.5. The van der Waals surface area contributed by atoms with E-state index in [4.69, 9.17) is 14.2 Å². The summed E-state index contributed by atoms with van der Waals surface area (Å²) < 4.78 is 17.1. The highest BCUT2D eigenvalue weighted by atomic mass is 16.6. The minimum Gasteiger partial charge on any atom is -0.469 e. The lowest BCUT2D eigenvalue weighted by Gasteiger charge is -2.27. The Morgan fingerprint density at radius 2 is 1.44 bits per heavy atom. The smallest absolute Gasteiger partial charge is 0.418 e. The van der Waals surface area contributed by atoms with Crippen LogP contribution in [-0.2, 0) is 36.6 Å². The molecular formula is C20H29NO6. The van der Waals surface area contributed by atoms with E-state index in [9.17, 15) is 14.4 Å². The van der Waals surface area contributed by atoms with E-state index in [2.05, 4.69) is 0 Å². The van der Waals surface area contributed by atoms with Crippen LogP contribution in [0.4, 0.5) is 4.79 Å². The van der Waals surface area contributed by atoms with Crippen molar-refractivity contribution in [1.82, 2.24) is 4.57 Å². The van der Waals surface area contributed by atoms with E-state index in [0.717, 1.165) is 11.1 Å². The Morgan fingerprint density at radius 3 is 1.85 bits per heavy atom. The summed E-state index contributed by atoms with van der Waals surface area (Å²) in [7, 11) is 1.31. The SMILES string of the molecule is COC(=O)C1(CC(=O)OC(C)(C)C)Cc2cn(C(=O)OC(C)(C)C)cc2C1. The lowest BCUT2D eigenvalue weighted by Crippen LogP contribution is -2.38. The molecule has 1 aliphatic carbocycles. The Balaban J connectivity index is 2.20. The van der Waals surface area contributed by atoms with Gasteiger partial charge in [-0.15, -0.1) is 0 Å². The Kier molecular flexibility index (Phi) is 5.46. The topological polar surface area (TPSA) is 83.8 Å². The molecule has 0 N–H and O–H groups in total. The lowest BCUT2D eigenvalue weighted by molar-refractivity contribution is -0.166. The number of nitrogens with zero attached hydrogens (tertiary/aromatic N) is 1. The molecule has 0 atom stereocenters. The molecule has 1 heterocycles. The van der Waals surface area contributed by atoms with Crippen molar-refractivity contribution >= 4 is 18.0 Å². The number of methoxy groups -OCH3 is 1. The van der Waals surface area contributed by atoms with Gasteiger partial charge in [0.2, 0.25) is 0 Å². The van der Waals surface area contributed by atoms with E-state index >= 15 is 0 Å². The summed E-state index contributed by atoms with van der Waals surface area (Å²) in [6, 6.07) is 0. The summed E-state index contributed by atoms with van der Waals surface area (Å²) in [5.41, 5.74) is -0.577. The molecule has 150 valence electrons. The summed E-state index contributed by atoms with van der Waals surface area (Å²) in [5.74, 6) is -0.897. The predicted molar refractivity (Wildman–Crippen MR) is 98.4 cm³/mol. The second-order valence-corrected chi connectivity index (χ2v) is 9.08. The lowest BCUT2D eigenvalue weighted by atomic mass is 9.81. The molecule has 0 aliphatic heterocycles. The van der Waals surface area contributed by atoms with Crippen molar-refractivity contribution in [2.75, 3.05) is 7.11 Å². The zero-order valence-electron chi connectivity index (χ0n) is 17.2. The van der Waals surface area contributed by atoms with Crippen LogP contribution >= 0.6 is 0 Å². The van der Waals surface area contributed by atoms with E-state index in [1.54, 1.807) is 53.9 Å². The fourth-order valence-corrected chi connectivity index (χ4v) is 3.28. The maximum atomic E-state index is 12.5. The van der Waals surface area contributed by atoms with E-state index in [1.165, 1.54) is 11.7 Å². The van der Waals surface area contributed by atoms with E-state index in [-0.39, 0.29) is 6.42 Å². The monoisotopic (exact) mass is 379 g/mol. The van der Waals surface area contributed by atoms with Crippen LogP contribution in [0.25, 0.3) is 0 Å². The molecule has 0 saturated heterocycles. The van der Waals surface area contributed by atoms with Gasteiger partial charge in [-0.25, -0.2) is 4.79 Å². The second kappa shape index (κ2) is 7.02. The summed E-state index contributed by atoms with van der Waals surface area (Å²) in [5, 5.41) is 0. The first kappa shape index (κ1) is 21.0. The van der Waals surface area contributed by atoms with Crippen molar-refractivity contribution in [3.63, 3.8) is 0 Å². The first-order valence-electron chi connectivity index (χ1n) is 8.98. The van der Waals surface area contributed by atoms with Crippen LogP contribution in [0.1, 0.15) is 59.1 Å². The van der Waals surface area contributed by atoms with Crippen LogP contribution in [0.2, 0.25) is 0 Å². The number of aromatic nitrogens is 1. The maximum Gasteiger partial charge on any atom is 0.418 e. The highest BCUT2D eigenvalue weighted by molar-refractivity contribution is 5.85. The highest BCUT2D eigenvalue weighted by Crippen LogP contribution is 2.42. The number of esters is 2. The molecule has 7 heteroatoms. The fourth-order valence-electron chi connectivity index (χ4n) is 3.28. The first-order valence-corrected chi connectivity index (χ1v) is 8.98. The molecule has 27 heavy (non-hydrogen) atoms. The minimum atomic E-state index is -1.01. The Bertz CT molecular complexity index is 724. The van der Waals surface area contributed by atoms with Crippen LogP contribution in [0, 0.1) is 5.41 Å². The van der Waals surface area contributed by atoms with Crippen molar-refractivity contribution in [3.05, 3.63) is 23.5 Å². The highest BCUT2D eigenvalue weighted by Gasteiger charge is 2.48. The zero-order valence-corrected chi connectivity index (χ0v) is 17.2. The number of carbonyl (C=O) groups excluding carboxylic acids is 3. The molecule has 0 fully saturated rings. The van der Waals surface area contributed by atoms with Gasteiger partial charge in [0, 0.05) is 12.4 Å². The number of rotatable bonds is 3. The van der Waals surface area contributed by atoms with Crippen LogP contribution in [0.3, 0.4) is 0 Å². The Morgan fingerprint density at radius 1 is 0.963 bits per heavy atom. The van der Waals surface area contributed by atoms with E-state index < -0.39 is 34.6 Å². The van der Waals surface area contributed by atoms with Crippen LogP contribution in [0.15, 0.2) is 12.4 Å². The van der Waals surface area contributed by atoms with Crippen molar-refractivity contribution in [2.24, 2.45) is 5.41 Å². The van der Waals surface area contributed by atoms with Gasteiger partial charge in [0.1, 0.15) is 11.2 Å². The molecule has 1 aromatic rings. The standard InChI is InChI=1S/C20H29NO6/c1-18(2,3)26-15(22)10-20(16(23)25-7)8-13-11-21(12-14(13)9-20)17(24)27-19(4,5)6/h11-12H,8-10H2,1-7H3.